The van der Waals surface area contributed by atoms with Gasteiger partial charge in [-0.2, -0.15) is 0 Å². The van der Waals surface area contributed by atoms with Crippen LogP contribution in [0.2, 0.25) is 0 Å². The molecule has 1 unspecified atom stereocenters. The third kappa shape index (κ3) is 4.60. The molecule has 126 valence electrons. The minimum atomic E-state index is -3.49. The van der Waals surface area contributed by atoms with E-state index in [1.165, 1.54) is 0 Å². The van der Waals surface area contributed by atoms with Gasteiger partial charge in [0.1, 0.15) is 0 Å². The molecule has 7 nitrogen and oxygen atoms in total. The molecule has 8 heteroatoms. The molecule has 0 amide bonds. The summed E-state index contributed by atoms with van der Waals surface area (Å²) in [5, 5.41) is 7.78. The van der Waals surface area contributed by atoms with Gasteiger partial charge >= 0.3 is 0 Å². The van der Waals surface area contributed by atoms with Crippen molar-refractivity contribution < 1.29 is 12.8 Å². The van der Waals surface area contributed by atoms with Crippen LogP contribution in [0, 0.1) is 13.8 Å². The van der Waals surface area contributed by atoms with Crippen molar-refractivity contribution >= 4 is 10.0 Å². The van der Waals surface area contributed by atoms with Crippen LogP contribution in [0.3, 0.4) is 0 Å². The molecule has 0 saturated heterocycles. The third-order valence-corrected chi connectivity index (χ3v) is 5.13. The van der Waals surface area contributed by atoms with E-state index in [1.807, 2.05) is 25.8 Å². The maximum Gasteiger partial charge on any atom is 0.240 e. The monoisotopic (exact) mass is 338 g/mol. The molecule has 0 saturated carbocycles. The molecule has 0 radical (unpaired) electrons. The van der Waals surface area contributed by atoms with Crippen LogP contribution in [0.4, 0.5) is 0 Å². The van der Waals surface area contributed by atoms with Crippen molar-refractivity contribution in [2.75, 3.05) is 20.1 Å². The molecule has 2 rings (SSSR count). The molecule has 2 aromatic rings. The lowest BCUT2D eigenvalue weighted by Gasteiger charge is -2.21. The van der Waals surface area contributed by atoms with Crippen LogP contribution in [0.5, 0.6) is 0 Å². The van der Waals surface area contributed by atoms with E-state index in [0.717, 1.165) is 5.56 Å². The van der Waals surface area contributed by atoms with Crippen LogP contribution in [0.25, 0.3) is 0 Å². The van der Waals surface area contributed by atoms with Crippen LogP contribution in [-0.4, -0.2) is 43.7 Å². The highest BCUT2D eigenvalue weighted by Crippen LogP contribution is 2.16. The molecule has 23 heavy (non-hydrogen) atoms. The van der Waals surface area contributed by atoms with Crippen molar-refractivity contribution in [3.05, 3.63) is 41.6 Å². The predicted octanol–water partition coefficient (Wildman–Crippen LogP) is 1.66. The van der Waals surface area contributed by atoms with Gasteiger partial charge in [-0.3, -0.25) is 4.90 Å². The first-order chi connectivity index (χ1) is 10.8. The molecular weight excluding hydrogens is 316 g/mol. The average Bonchev–Trinajstić information content (AvgIpc) is 2.93. The number of hydrogen-bond donors (Lipinski definition) is 1. The van der Waals surface area contributed by atoms with Crippen LogP contribution in [0.15, 0.2) is 33.6 Å². The van der Waals surface area contributed by atoms with Gasteiger partial charge in [-0.05, 0) is 33.0 Å². The molecule has 0 aliphatic carbocycles. The van der Waals surface area contributed by atoms with Gasteiger partial charge in [0.25, 0.3) is 0 Å². The van der Waals surface area contributed by atoms with Gasteiger partial charge in [-0.1, -0.05) is 17.7 Å². The maximum absolute atomic E-state index is 12.2. The summed E-state index contributed by atoms with van der Waals surface area (Å²) in [6.45, 7) is 6.40. The van der Waals surface area contributed by atoms with Gasteiger partial charge in [0.2, 0.25) is 21.8 Å². The molecular formula is C15H22N4O3S. The fourth-order valence-electron chi connectivity index (χ4n) is 2.02. The number of likely N-dealkylation sites (N-methyl/N-ethyl adjacent to an activating group) is 1. The van der Waals surface area contributed by atoms with Crippen molar-refractivity contribution in [3.8, 4) is 0 Å². The molecule has 0 aliphatic heterocycles. The number of rotatable bonds is 7. The fraction of sp³-hybridized carbons (Fsp3) is 0.467. The first-order valence-corrected chi connectivity index (χ1v) is 8.84. The van der Waals surface area contributed by atoms with Crippen LogP contribution in [-0.2, 0) is 10.0 Å². The Balaban J connectivity index is 1.89. The lowest BCUT2D eigenvalue weighted by atomic mass is 10.2. The molecule has 0 spiro atoms. The summed E-state index contributed by atoms with van der Waals surface area (Å²) in [4.78, 5) is 2.22. The number of nitrogens with one attached hydrogen (secondary N) is 1. The van der Waals surface area contributed by atoms with Gasteiger partial charge < -0.3 is 4.42 Å². The topological polar surface area (TPSA) is 88.3 Å². The molecule has 1 N–H and O–H groups in total. The van der Waals surface area contributed by atoms with E-state index >= 15 is 0 Å². The van der Waals surface area contributed by atoms with E-state index in [-0.39, 0.29) is 10.9 Å². The number of hydrogen-bond acceptors (Lipinski definition) is 6. The Morgan fingerprint density at radius 1 is 1.22 bits per heavy atom. The Hall–Kier alpha value is -1.77. The van der Waals surface area contributed by atoms with Gasteiger partial charge in [0.05, 0.1) is 10.9 Å². The number of sulfonamides is 1. The summed E-state index contributed by atoms with van der Waals surface area (Å²) in [7, 11) is -1.61. The standard InChI is InChI=1S/C15H22N4O3S/c1-11-5-7-14(8-6-11)23(20,21)16-9-10-19(4)12(2)15-18-17-13(3)22-15/h5-8,12,16H,9-10H2,1-4H3. The number of nitrogens with zero attached hydrogens (tertiary/aromatic N) is 3. The van der Waals surface area contributed by atoms with Crippen molar-refractivity contribution in [2.24, 2.45) is 0 Å². The minimum absolute atomic E-state index is 0.0833. The van der Waals surface area contributed by atoms with E-state index in [2.05, 4.69) is 14.9 Å². The zero-order valence-electron chi connectivity index (χ0n) is 13.8. The Kier molecular flexibility index (Phi) is 5.51. The molecule has 1 atom stereocenters. The molecule has 0 aliphatic rings. The Bertz CT molecular complexity index is 740. The Morgan fingerprint density at radius 2 is 1.87 bits per heavy atom. The van der Waals surface area contributed by atoms with E-state index in [1.54, 1.807) is 31.2 Å². The second kappa shape index (κ2) is 7.20. The second-order valence-electron chi connectivity index (χ2n) is 5.53. The maximum atomic E-state index is 12.2. The smallest absolute Gasteiger partial charge is 0.240 e. The van der Waals surface area contributed by atoms with Crippen molar-refractivity contribution in [1.29, 1.82) is 0 Å². The lowest BCUT2D eigenvalue weighted by Crippen LogP contribution is -2.34. The molecule has 1 aromatic carbocycles. The second-order valence-corrected chi connectivity index (χ2v) is 7.29. The average molecular weight is 338 g/mol. The molecule has 1 heterocycles. The fourth-order valence-corrected chi connectivity index (χ4v) is 3.04. The molecule has 0 fully saturated rings. The van der Waals surface area contributed by atoms with Gasteiger partial charge in [-0.25, -0.2) is 13.1 Å². The van der Waals surface area contributed by atoms with Gasteiger partial charge in [0.15, 0.2) is 0 Å². The highest BCUT2D eigenvalue weighted by molar-refractivity contribution is 7.89. The SMILES string of the molecule is Cc1ccc(S(=O)(=O)NCCN(C)C(C)c2nnc(C)o2)cc1. The van der Waals surface area contributed by atoms with Crippen molar-refractivity contribution in [1.82, 2.24) is 19.8 Å². The summed E-state index contributed by atoms with van der Waals surface area (Å²) in [5.41, 5.74) is 1.02. The lowest BCUT2D eigenvalue weighted by molar-refractivity contribution is 0.226. The highest BCUT2D eigenvalue weighted by Gasteiger charge is 2.18. The quantitative estimate of drug-likeness (QED) is 0.826. The summed E-state index contributed by atoms with van der Waals surface area (Å²) < 4.78 is 32.4. The summed E-state index contributed by atoms with van der Waals surface area (Å²) in [6, 6.07) is 6.68. The first kappa shape index (κ1) is 17.6. The van der Waals surface area contributed by atoms with Crippen LogP contribution >= 0.6 is 0 Å². The largest absolute Gasteiger partial charge is 0.424 e. The summed E-state index contributed by atoms with van der Waals surface area (Å²) in [6.07, 6.45) is 0. The van der Waals surface area contributed by atoms with E-state index in [9.17, 15) is 8.42 Å². The minimum Gasteiger partial charge on any atom is -0.424 e. The molecule has 1 aromatic heterocycles. The highest BCUT2D eigenvalue weighted by atomic mass is 32.2. The van der Waals surface area contributed by atoms with Crippen LogP contribution in [0.1, 0.15) is 30.3 Å². The third-order valence-electron chi connectivity index (χ3n) is 3.65. The van der Waals surface area contributed by atoms with Gasteiger partial charge in [-0.15, -0.1) is 10.2 Å². The normalized spacial score (nSPS) is 13.4. The predicted molar refractivity (Wildman–Crippen MR) is 86.4 cm³/mol. The summed E-state index contributed by atoms with van der Waals surface area (Å²) >= 11 is 0. The van der Waals surface area contributed by atoms with E-state index in [0.29, 0.717) is 24.9 Å². The van der Waals surface area contributed by atoms with E-state index < -0.39 is 10.0 Å². The molecule has 0 bridgehead atoms. The van der Waals surface area contributed by atoms with Gasteiger partial charge in [0, 0.05) is 20.0 Å². The first-order valence-electron chi connectivity index (χ1n) is 7.36. The number of aryl methyl sites for hydroxylation is 2. The zero-order valence-corrected chi connectivity index (χ0v) is 14.6. The Morgan fingerprint density at radius 3 is 2.43 bits per heavy atom. The van der Waals surface area contributed by atoms with Crippen molar-refractivity contribution in [2.45, 2.75) is 31.7 Å². The van der Waals surface area contributed by atoms with E-state index in [4.69, 9.17) is 4.42 Å². The summed E-state index contributed by atoms with van der Waals surface area (Å²) in [5.74, 6) is 1.03. The number of benzene rings is 1. The number of aromatic nitrogens is 2. The van der Waals surface area contributed by atoms with Crippen LogP contribution < -0.4 is 4.72 Å². The Labute approximate surface area is 136 Å². The zero-order chi connectivity index (χ0) is 17.0. The van der Waals surface area contributed by atoms with Crippen molar-refractivity contribution in [3.63, 3.8) is 0 Å².